The van der Waals surface area contributed by atoms with Crippen LogP contribution in [-0.2, 0) is 18.3 Å². The number of methoxy groups -OCH3 is 2. The second-order valence-electron chi connectivity index (χ2n) is 11.9. The number of aryl methyl sites for hydroxylation is 2. The molecule has 0 saturated heterocycles. The van der Waals surface area contributed by atoms with Crippen LogP contribution in [0.15, 0.2) is 24.3 Å². The lowest BCUT2D eigenvalue weighted by molar-refractivity contribution is 0.223. The van der Waals surface area contributed by atoms with Gasteiger partial charge in [-0.2, -0.15) is 0 Å². The van der Waals surface area contributed by atoms with Crippen molar-refractivity contribution in [3.63, 3.8) is 0 Å². The fourth-order valence-corrected chi connectivity index (χ4v) is 6.77. The quantitative estimate of drug-likeness (QED) is 0.214. The highest BCUT2D eigenvalue weighted by atomic mass is 16.5. The van der Waals surface area contributed by atoms with Crippen molar-refractivity contribution in [1.29, 1.82) is 0 Å². The van der Waals surface area contributed by atoms with Gasteiger partial charge in [-0.1, -0.05) is 66.2 Å². The average molecular weight is 537 g/mol. The van der Waals surface area contributed by atoms with Gasteiger partial charge in [-0.25, -0.2) is 0 Å². The average Bonchev–Trinajstić information content (AvgIpc) is 3.52. The zero-order valence-electron chi connectivity index (χ0n) is 25.5. The van der Waals surface area contributed by atoms with Crippen LogP contribution in [0.1, 0.15) is 114 Å². The maximum atomic E-state index is 6.49. The van der Waals surface area contributed by atoms with Crippen LogP contribution in [0.2, 0.25) is 0 Å². The van der Waals surface area contributed by atoms with Crippen LogP contribution in [0.5, 0.6) is 23.0 Å². The minimum Gasteiger partial charge on any atom is -0.493 e. The zero-order chi connectivity index (χ0) is 27.8. The van der Waals surface area contributed by atoms with E-state index in [2.05, 4.69) is 52.0 Å². The largest absolute Gasteiger partial charge is 0.493 e. The maximum absolute atomic E-state index is 6.49. The SMILES string of the molecule is CCCCC(CC)COc1cc2c(cc1OC)CCC21CCc2cc(OC)c(OCC(CC)CCCC)cc21. The molecule has 4 nitrogen and oxygen atoms in total. The normalized spacial score (nSPS) is 19.0. The van der Waals surface area contributed by atoms with Gasteiger partial charge in [0.2, 0.25) is 0 Å². The third-order valence-corrected chi connectivity index (χ3v) is 9.49. The Morgan fingerprint density at radius 2 is 1.08 bits per heavy atom. The molecule has 4 heteroatoms. The molecule has 2 atom stereocenters. The summed E-state index contributed by atoms with van der Waals surface area (Å²) in [4.78, 5) is 0. The van der Waals surface area contributed by atoms with Crippen molar-refractivity contribution in [2.75, 3.05) is 27.4 Å². The van der Waals surface area contributed by atoms with Gasteiger partial charge >= 0.3 is 0 Å². The monoisotopic (exact) mass is 536 g/mol. The Labute approximate surface area is 237 Å². The van der Waals surface area contributed by atoms with Gasteiger partial charge in [0.15, 0.2) is 23.0 Å². The van der Waals surface area contributed by atoms with Crippen LogP contribution in [0.4, 0.5) is 0 Å². The van der Waals surface area contributed by atoms with E-state index in [0.717, 1.165) is 74.7 Å². The lowest BCUT2D eigenvalue weighted by atomic mass is 9.76. The number of benzene rings is 2. The number of fused-ring (bicyclic) bond motifs is 4. The van der Waals surface area contributed by atoms with E-state index < -0.39 is 0 Å². The number of unbranched alkanes of at least 4 members (excludes halogenated alkanes) is 2. The Kier molecular flexibility index (Phi) is 10.5. The van der Waals surface area contributed by atoms with Crippen LogP contribution in [0.25, 0.3) is 0 Å². The molecule has 1 spiro atoms. The molecule has 4 rings (SSSR count). The van der Waals surface area contributed by atoms with Gasteiger partial charge in [0.25, 0.3) is 0 Å². The second-order valence-corrected chi connectivity index (χ2v) is 11.9. The summed E-state index contributed by atoms with van der Waals surface area (Å²) in [6.07, 6.45) is 14.1. The first kappa shape index (κ1) is 29.6. The summed E-state index contributed by atoms with van der Waals surface area (Å²) >= 11 is 0. The zero-order valence-corrected chi connectivity index (χ0v) is 25.5. The molecule has 39 heavy (non-hydrogen) atoms. The summed E-state index contributed by atoms with van der Waals surface area (Å²) in [6, 6.07) is 9.10. The highest BCUT2D eigenvalue weighted by Gasteiger charge is 2.46. The predicted octanol–water partition coefficient (Wildman–Crippen LogP) is 9.07. The fraction of sp³-hybridized carbons (Fsp3) is 0.657. The molecule has 0 N–H and O–H groups in total. The minimum atomic E-state index is 0.0121. The summed E-state index contributed by atoms with van der Waals surface area (Å²) in [7, 11) is 3.52. The summed E-state index contributed by atoms with van der Waals surface area (Å²) in [5.41, 5.74) is 5.65. The van der Waals surface area contributed by atoms with E-state index in [0.29, 0.717) is 11.8 Å². The minimum absolute atomic E-state index is 0.0121. The summed E-state index contributed by atoms with van der Waals surface area (Å²) in [5, 5.41) is 0. The van der Waals surface area contributed by atoms with Crippen molar-refractivity contribution in [2.45, 2.75) is 110 Å². The number of rotatable bonds is 16. The summed E-state index contributed by atoms with van der Waals surface area (Å²) < 4.78 is 24.6. The predicted molar refractivity (Wildman–Crippen MR) is 161 cm³/mol. The summed E-state index contributed by atoms with van der Waals surface area (Å²) in [6.45, 7) is 10.6. The Hall–Kier alpha value is -2.36. The Bertz CT molecular complexity index is 989. The molecular formula is C35H52O4. The van der Waals surface area contributed by atoms with Crippen molar-refractivity contribution >= 4 is 0 Å². The maximum Gasteiger partial charge on any atom is 0.161 e. The van der Waals surface area contributed by atoms with E-state index in [9.17, 15) is 0 Å². The molecule has 2 aromatic rings. The molecule has 0 bridgehead atoms. The molecular weight excluding hydrogens is 484 g/mol. The van der Waals surface area contributed by atoms with Gasteiger partial charge in [-0.05, 0) is 96.9 Å². The van der Waals surface area contributed by atoms with Crippen molar-refractivity contribution in [3.8, 4) is 23.0 Å². The van der Waals surface area contributed by atoms with E-state index in [-0.39, 0.29) is 5.41 Å². The highest BCUT2D eigenvalue weighted by Crippen LogP contribution is 2.56. The van der Waals surface area contributed by atoms with Crippen molar-refractivity contribution in [1.82, 2.24) is 0 Å². The number of ether oxygens (including phenoxy) is 4. The van der Waals surface area contributed by atoms with Gasteiger partial charge in [0.05, 0.1) is 27.4 Å². The summed E-state index contributed by atoms with van der Waals surface area (Å²) in [5.74, 6) is 4.69. The van der Waals surface area contributed by atoms with E-state index in [1.54, 1.807) is 14.2 Å². The topological polar surface area (TPSA) is 36.9 Å². The van der Waals surface area contributed by atoms with E-state index in [4.69, 9.17) is 18.9 Å². The number of hydrogen-bond acceptors (Lipinski definition) is 4. The first-order chi connectivity index (χ1) is 19.0. The fourth-order valence-electron chi connectivity index (χ4n) is 6.77. The van der Waals surface area contributed by atoms with Crippen LogP contribution in [-0.4, -0.2) is 27.4 Å². The van der Waals surface area contributed by atoms with Crippen LogP contribution >= 0.6 is 0 Å². The van der Waals surface area contributed by atoms with E-state index >= 15 is 0 Å². The Balaban J connectivity index is 1.63. The van der Waals surface area contributed by atoms with Crippen LogP contribution in [0.3, 0.4) is 0 Å². The molecule has 0 saturated carbocycles. The number of hydrogen-bond donors (Lipinski definition) is 0. The molecule has 2 aliphatic carbocycles. The molecule has 0 radical (unpaired) electrons. The molecule has 0 aliphatic heterocycles. The van der Waals surface area contributed by atoms with Gasteiger partial charge in [0, 0.05) is 5.41 Å². The Morgan fingerprint density at radius 1 is 0.641 bits per heavy atom. The van der Waals surface area contributed by atoms with Gasteiger partial charge in [-0.15, -0.1) is 0 Å². The standard InChI is InChI=1S/C35H52O4/c1-7-11-13-25(9-3)23-38-33-21-29-27(19-31(33)36-5)15-17-35(29)18-16-28-20-32(37-6)34(22-30(28)35)39-24-26(10-4)14-12-8-2/h19-22,25-26H,7-18,23-24H2,1-6H3. The van der Waals surface area contributed by atoms with E-state index in [1.165, 1.54) is 60.8 Å². The second kappa shape index (κ2) is 13.8. The first-order valence-electron chi connectivity index (χ1n) is 15.7. The third-order valence-electron chi connectivity index (χ3n) is 9.49. The lowest BCUT2D eigenvalue weighted by Gasteiger charge is -2.28. The molecule has 0 aromatic heterocycles. The molecule has 2 unspecified atom stereocenters. The first-order valence-corrected chi connectivity index (χ1v) is 15.7. The van der Waals surface area contributed by atoms with Gasteiger partial charge < -0.3 is 18.9 Å². The van der Waals surface area contributed by atoms with Crippen molar-refractivity contribution < 1.29 is 18.9 Å². The Morgan fingerprint density at radius 3 is 1.44 bits per heavy atom. The molecule has 216 valence electrons. The van der Waals surface area contributed by atoms with E-state index in [1.807, 2.05) is 0 Å². The highest BCUT2D eigenvalue weighted by molar-refractivity contribution is 5.61. The van der Waals surface area contributed by atoms with Crippen LogP contribution in [0, 0.1) is 11.8 Å². The van der Waals surface area contributed by atoms with Gasteiger partial charge in [0.1, 0.15) is 0 Å². The molecule has 0 amide bonds. The van der Waals surface area contributed by atoms with Crippen LogP contribution < -0.4 is 18.9 Å². The van der Waals surface area contributed by atoms with Gasteiger partial charge in [-0.3, -0.25) is 0 Å². The smallest absolute Gasteiger partial charge is 0.161 e. The van der Waals surface area contributed by atoms with Crippen molar-refractivity contribution in [2.24, 2.45) is 11.8 Å². The molecule has 0 fully saturated rings. The third kappa shape index (κ3) is 6.36. The van der Waals surface area contributed by atoms with Crippen molar-refractivity contribution in [3.05, 3.63) is 46.5 Å². The molecule has 2 aromatic carbocycles. The molecule has 2 aliphatic rings. The molecule has 0 heterocycles. The lowest BCUT2D eigenvalue weighted by Crippen LogP contribution is -2.22.